The molecular formula is C27H36N3O2. The first-order chi connectivity index (χ1) is 15.1. The Hall–Kier alpha value is -2.37. The second-order valence-electron chi connectivity index (χ2n) is 10.5. The summed E-state index contributed by atoms with van der Waals surface area (Å²) in [5.41, 5.74) is 4.10. The summed E-state index contributed by atoms with van der Waals surface area (Å²) in [6.07, 6.45) is 3.54. The number of rotatable bonds is 5. The maximum atomic E-state index is 13.3. The van der Waals surface area contributed by atoms with Crippen molar-refractivity contribution in [2.24, 2.45) is 5.92 Å². The molecule has 0 bridgehead atoms. The molecule has 2 heterocycles. The molecule has 2 aliphatic heterocycles. The van der Waals surface area contributed by atoms with E-state index in [-0.39, 0.29) is 11.8 Å². The number of aryl methyl sites for hydroxylation is 2. The maximum absolute atomic E-state index is 13.3. The van der Waals surface area contributed by atoms with Crippen LogP contribution < -0.4 is 4.90 Å². The second-order valence-corrected chi connectivity index (χ2v) is 10.5. The molecule has 0 N–H and O–H groups in total. The van der Waals surface area contributed by atoms with Crippen molar-refractivity contribution in [1.29, 1.82) is 0 Å². The number of hydroxylamine groups is 2. The van der Waals surface area contributed by atoms with E-state index in [4.69, 9.17) is 0 Å². The quantitative estimate of drug-likeness (QED) is 0.666. The normalized spacial score (nSPS) is 21.6. The van der Waals surface area contributed by atoms with Crippen molar-refractivity contribution in [3.8, 4) is 0 Å². The van der Waals surface area contributed by atoms with Crippen LogP contribution in [-0.4, -0.2) is 47.1 Å². The van der Waals surface area contributed by atoms with Gasteiger partial charge in [-0.25, -0.2) is 0 Å². The number of amides is 1. The minimum absolute atomic E-state index is 0.0816. The molecule has 2 aromatic carbocycles. The van der Waals surface area contributed by atoms with Gasteiger partial charge in [0.15, 0.2) is 0 Å². The molecule has 171 valence electrons. The molecular weight excluding hydrogens is 398 g/mol. The number of hydrogen-bond acceptors (Lipinski definition) is 3. The summed E-state index contributed by atoms with van der Waals surface area (Å²) < 4.78 is 0. The number of carbonyl (C=O) groups excluding carboxylic acids is 1. The van der Waals surface area contributed by atoms with Crippen LogP contribution in [0.25, 0.3) is 0 Å². The molecule has 0 aromatic heterocycles. The maximum Gasteiger partial charge on any atom is 0.227 e. The van der Waals surface area contributed by atoms with Gasteiger partial charge in [0, 0.05) is 37.1 Å². The summed E-state index contributed by atoms with van der Waals surface area (Å²) >= 11 is 0. The van der Waals surface area contributed by atoms with Crippen LogP contribution in [0.15, 0.2) is 48.5 Å². The molecule has 0 aliphatic carbocycles. The number of nitrogens with zero attached hydrogens (tertiary/aromatic N) is 3. The number of hydrogen-bond donors (Lipinski definition) is 0. The van der Waals surface area contributed by atoms with E-state index < -0.39 is 11.1 Å². The van der Waals surface area contributed by atoms with E-state index >= 15 is 0 Å². The molecule has 1 amide bonds. The van der Waals surface area contributed by atoms with E-state index in [1.165, 1.54) is 22.5 Å². The molecule has 0 spiro atoms. The number of para-hydroxylation sites is 2. The lowest BCUT2D eigenvalue weighted by atomic mass is 9.86. The van der Waals surface area contributed by atoms with Gasteiger partial charge in [-0.3, -0.25) is 4.79 Å². The lowest BCUT2D eigenvalue weighted by molar-refractivity contribution is -0.248. The van der Waals surface area contributed by atoms with Gasteiger partial charge in [-0.1, -0.05) is 36.4 Å². The van der Waals surface area contributed by atoms with Crippen LogP contribution in [0.5, 0.6) is 0 Å². The van der Waals surface area contributed by atoms with Crippen LogP contribution in [0, 0.1) is 5.92 Å². The highest BCUT2D eigenvalue weighted by atomic mass is 16.5. The lowest BCUT2D eigenvalue weighted by Gasteiger charge is -2.34. The van der Waals surface area contributed by atoms with Gasteiger partial charge in [0.05, 0.1) is 11.5 Å². The van der Waals surface area contributed by atoms with Crippen molar-refractivity contribution < 1.29 is 10.0 Å². The van der Waals surface area contributed by atoms with Gasteiger partial charge in [-0.2, -0.15) is 0 Å². The predicted molar refractivity (Wildman–Crippen MR) is 128 cm³/mol. The van der Waals surface area contributed by atoms with Crippen LogP contribution in [0.2, 0.25) is 0 Å². The summed E-state index contributed by atoms with van der Waals surface area (Å²) in [4.78, 5) is 17.5. The Labute approximate surface area is 192 Å². The molecule has 1 radical (unpaired) electrons. The van der Waals surface area contributed by atoms with Crippen LogP contribution in [-0.2, 0) is 22.8 Å². The molecule has 32 heavy (non-hydrogen) atoms. The van der Waals surface area contributed by atoms with Crippen molar-refractivity contribution in [1.82, 2.24) is 9.96 Å². The lowest BCUT2D eigenvalue weighted by Crippen LogP contribution is -2.49. The van der Waals surface area contributed by atoms with E-state index in [1.54, 1.807) is 0 Å². The highest BCUT2D eigenvalue weighted by Crippen LogP contribution is 2.44. The summed E-state index contributed by atoms with van der Waals surface area (Å²) in [7, 11) is 1.88. The average Bonchev–Trinajstić information content (AvgIpc) is 2.88. The van der Waals surface area contributed by atoms with Gasteiger partial charge in [-0.15, -0.1) is 10.3 Å². The third-order valence-electron chi connectivity index (χ3n) is 7.41. The Morgan fingerprint density at radius 2 is 1.50 bits per heavy atom. The molecule has 0 saturated carbocycles. The van der Waals surface area contributed by atoms with Crippen LogP contribution in [0.1, 0.15) is 51.7 Å². The van der Waals surface area contributed by atoms with Crippen LogP contribution in [0.4, 0.5) is 11.4 Å². The first kappa shape index (κ1) is 22.8. The SMILES string of the molecule is CN(CCCN1c2ccccc2CCc2ccccc21)C(=O)C1CC(C)(C)N([O])C1(C)C. The number of carbonyl (C=O) groups is 1. The number of benzene rings is 2. The zero-order valence-corrected chi connectivity index (χ0v) is 20.1. The van der Waals surface area contributed by atoms with Crippen LogP contribution in [0.3, 0.4) is 0 Å². The topological polar surface area (TPSA) is 46.7 Å². The Morgan fingerprint density at radius 3 is 2.00 bits per heavy atom. The third kappa shape index (κ3) is 4.04. The summed E-state index contributed by atoms with van der Waals surface area (Å²) in [6.45, 7) is 9.18. The first-order valence-corrected chi connectivity index (χ1v) is 11.8. The standard InChI is InChI=1S/C27H36N3O2/c1-26(2)19-22(27(3,4)30(26)32)25(31)28(5)17-10-18-29-23-13-8-6-11-20(23)15-16-21-12-7-9-14-24(21)29/h6-9,11-14,22H,10,15-19H2,1-5H3. The Morgan fingerprint density at radius 1 is 0.969 bits per heavy atom. The minimum atomic E-state index is -0.683. The van der Waals surface area contributed by atoms with Crippen molar-refractivity contribution in [3.05, 3.63) is 59.7 Å². The fourth-order valence-electron chi connectivity index (χ4n) is 5.60. The van der Waals surface area contributed by atoms with Gasteiger partial charge in [0.2, 0.25) is 5.91 Å². The smallest absolute Gasteiger partial charge is 0.227 e. The van der Waals surface area contributed by atoms with Crippen molar-refractivity contribution in [3.63, 3.8) is 0 Å². The van der Waals surface area contributed by atoms with E-state index in [9.17, 15) is 10.0 Å². The molecule has 5 heteroatoms. The molecule has 2 aliphatic rings. The Kier molecular flexibility index (Phi) is 6.08. The number of anilines is 2. The fraction of sp³-hybridized carbons (Fsp3) is 0.519. The van der Waals surface area contributed by atoms with Crippen molar-refractivity contribution in [2.75, 3.05) is 25.0 Å². The average molecular weight is 435 g/mol. The van der Waals surface area contributed by atoms with E-state index in [2.05, 4.69) is 53.4 Å². The van der Waals surface area contributed by atoms with Gasteiger partial charge in [0.1, 0.15) is 0 Å². The van der Waals surface area contributed by atoms with Gasteiger partial charge < -0.3 is 9.80 Å². The summed E-state index contributed by atoms with van der Waals surface area (Å²) in [5.74, 6) is -0.197. The Balaban J connectivity index is 1.46. The third-order valence-corrected chi connectivity index (χ3v) is 7.41. The van der Waals surface area contributed by atoms with Crippen molar-refractivity contribution >= 4 is 17.3 Å². The van der Waals surface area contributed by atoms with E-state index in [0.29, 0.717) is 13.0 Å². The molecule has 1 saturated heterocycles. The summed E-state index contributed by atoms with van der Waals surface area (Å²) in [6, 6.07) is 17.3. The van der Waals surface area contributed by atoms with E-state index in [0.717, 1.165) is 30.9 Å². The van der Waals surface area contributed by atoms with Crippen LogP contribution >= 0.6 is 0 Å². The van der Waals surface area contributed by atoms with Gasteiger partial charge >= 0.3 is 0 Å². The van der Waals surface area contributed by atoms with Gasteiger partial charge in [0.25, 0.3) is 0 Å². The molecule has 4 rings (SSSR count). The highest BCUT2D eigenvalue weighted by Gasteiger charge is 2.55. The molecule has 2 aromatic rings. The minimum Gasteiger partial charge on any atom is -0.345 e. The number of fused-ring (bicyclic) bond motifs is 2. The summed E-state index contributed by atoms with van der Waals surface area (Å²) in [5, 5.41) is 13.8. The second kappa shape index (κ2) is 8.53. The zero-order valence-electron chi connectivity index (χ0n) is 20.1. The van der Waals surface area contributed by atoms with Crippen molar-refractivity contribution in [2.45, 2.75) is 64.5 Å². The molecule has 1 fully saturated rings. The largest absolute Gasteiger partial charge is 0.345 e. The first-order valence-electron chi connectivity index (χ1n) is 11.8. The highest BCUT2D eigenvalue weighted by molar-refractivity contribution is 5.80. The monoisotopic (exact) mass is 434 g/mol. The Bertz CT molecular complexity index is 937. The van der Waals surface area contributed by atoms with E-state index in [1.807, 2.05) is 39.6 Å². The zero-order chi connectivity index (χ0) is 23.1. The molecule has 1 unspecified atom stereocenters. The molecule has 5 nitrogen and oxygen atoms in total. The fourth-order valence-corrected chi connectivity index (χ4v) is 5.60. The van der Waals surface area contributed by atoms with Gasteiger partial charge in [-0.05, 0) is 76.6 Å². The molecule has 1 atom stereocenters. The predicted octanol–water partition coefficient (Wildman–Crippen LogP) is 5.00.